The van der Waals surface area contributed by atoms with Crippen LogP contribution in [0.25, 0.3) is 0 Å². The maximum atomic E-state index is 12.3. The van der Waals surface area contributed by atoms with Crippen LogP contribution < -0.4 is 5.32 Å². The van der Waals surface area contributed by atoms with Gasteiger partial charge in [-0.2, -0.15) is 0 Å². The highest BCUT2D eigenvalue weighted by atomic mass is 16.3. The lowest BCUT2D eigenvalue weighted by atomic mass is 10.0. The molecular formula is C39H73NO3. The van der Waals surface area contributed by atoms with E-state index in [1.54, 1.807) is 6.08 Å². The number of nitrogens with one attached hydrogen (secondary N) is 1. The SMILES string of the molecule is CCCCCCC/C=C\C/C=C\CCCCCCCCCCCCCC(=O)NC(CO)C(O)/C=C/CCCCCCCC. The van der Waals surface area contributed by atoms with Crippen LogP contribution in [0.1, 0.15) is 187 Å². The fourth-order valence-electron chi connectivity index (χ4n) is 5.44. The Morgan fingerprint density at radius 2 is 0.953 bits per heavy atom. The molecule has 0 aromatic carbocycles. The lowest BCUT2D eigenvalue weighted by molar-refractivity contribution is -0.123. The lowest BCUT2D eigenvalue weighted by Crippen LogP contribution is -2.45. The van der Waals surface area contributed by atoms with Gasteiger partial charge in [-0.05, 0) is 51.4 Å². The number of amides is 1. The third kappa shape index (κ3) is 31.8. The van der Waals surface area contributed by atoms with Crippen LogP contribution in [0, 0.1) is 0 Å². The molecule has 0 aromatic heterocycles. The summed E-state index contributed by atoms with van der Waals surface area (Å²) >= 11 is 0. The maximum absolute atomic E-state index is 12.3. The molecule has 0 radical (unpaired) electrons. The molecule has 0 saturated carbocycles. The number of aliphatic hydroxyl groups is 2. The van der Waals surface area contributed by atoms with Crippen LogP contribution in [-0.2, 0) is 4.79 Å². The second kappa shape index (κ2) is 35.1. The van der Waals surface area contributed by atoms with Crippen molar-refractivity contribution in [1.82, 2.24) is 5.32 Å². The summed E-state index contributed by atoms with van der Waals surface area (Å²) in [5, 5.41) is 22.7. The molecule has 2 unspecified atom stereocenters. The van der Waals surface area contributed by atoms with Crippen molar-refractivity contribution in [2.24, 2.45) is 0 Å². The van der Waals surface area contributed by atoms with Crippen LogP contribution in [-0.4, -0.2) is 34.9 Å². The minimum absolute atomic E-state index is 0.0711. The average Bonchev–Trinajstić information content (AvgIpc) is 3.01. The van der Waals surface area contributed by atoms with Crippen LogP contribution in [0.15, 0.2) is 36.5 Å². The molecule has 3 N–H and O–H groups in total. The molecule has 252 valence electrons. The Bertz CT molecular complexity index is 657. The zero-order valence-corrected chi connectivity index (χ0v) is 28.7. The minimum atomic E-state index is -0.835. The number of hydrogen-bond acceptors (Lipinski definition) is 3. The second-order valence-electron chi connectivity index (χ2n) is 12.6. The zero-order chi connectivity index (χ0) is 31.5. The van der Waals surface area contributed by atoms with Gasteiger partial charge in [0.15, 0.2) is 0 Å². The van der Waals surface area contributed by atoms with Crippen LogP contribution in [0.4, 0.5) is 0 Å². The summed E-state index contributed by atoms with van der Waals surface area (Å²) in [7, 11) is 0. The lowest BCUT2D eigenvalue weighted by Gasteiger charge is -2.20. The normalized spacial score (nSPS) is 13.5. The highest BCUT2D eigenvalue weighted by Gasteiger charge is 2.17. The first-order chi connectivity index (χ1) is 21.2. The minimum Gasteiger partial charge on any atom is -0.394 e. The summed E-state index contributed by atoms with van der Waals surface area (Å²) in [6.45, 7) is 4.25. The van der Waals surface area contributed by atoms with E-state index in [1.807, 2.05) is 6.08 Å². The van der Waals surface area contributed by atoms with E-state index in [0.29, 0.717) is 6.42 Å². The maximum Gasteiger partial charge on any atom is 0.220 e. The molecule has 4 heteroatoms. The van der Waals surface area contributed by atoms with E-state index in [0.717, 1.165) is 32.1 Å². The highest BCUT2D eigenvalue weighted by Crippen LogP contribution is 2.13. The first-order valence-corrected chi connectivity index (χ1v) is 18.7. The van der Waals surface area contributed by atoms with Gasteiger partial charge in [0.2, 0.25) is 5.91 Å². The zero-order valence-electron chi connectivity index (χ0n) is 28.7. The standard InChI is InChI=1S/C39H73NO3/c1-3-5-7-9-11-13-14-15-16-17-18-19-20-21-22-23-24-25-26-27-29-31-33-35-39(43)40-37(36-41)38(42)34-32-30-28-12-10-8-6-4-2/h14-15,17-18,32,34,37-38,41-42H,3-13,16,19-31,33,35-36H2,1-2H3,(H,40,43)/b15-14-,18-17-,34-32+. The topological polar surface area (TPSA) is 69.6 Å². The van der Waals surface area contributed by atoms with Gasteiger partial charge >= 0.3 is 0 Å². The fourth-order valence-corrected chi connectivity index (χ4v) is 5.44. The van der Waals surface area contributed by atoms with E-state index in [1.165, 1.54) is 135 Å². The molecule has 4 nitrogen and oxygen atoms in total. The number of rotatable bonds is 33. The van der Waals surface area contributed by atoms with E-state index in [4.69, 9.17) is 0 Å². The fraction of sp³-hybridized carbons (Fsp3) is 0.821. The largest absolute Gasteiger partial charge is 0.394 e. The van der Waals surface area contributed by atoms with Gasteiger partial charge < -0.3 is 15.5 Å². The van der Waals surface area contributed by atoms with E-state index in [-0.39, 0.29) is 12.5 Å². The van der Waals surface area contributed by atoms with E-state index in [2.05, 4.69) is 43.5 Å². The summed E-state index contributed by atoms with van der Waals surface area (Å²) in [5.41, 5.74) is 0. The molecule has 0 heterocycles. The molecular weight excluding hydrogens is 530 g/mol. The van der Waals surface area contributed by atoms with Crippen LogP contribution in [0.2, 0.25) is 0 Å². The first kappa shape index (κ1) is 41.6. The molecule has 2 atom stereocenters. The predicted molar refractivity (Wildman–Crippen MR) is 188 cm³/mol. The van der Waals surface area contributed by atoms with E-state index >= 15 is 0 Å². The van der Waals surface area contributed by atoms with Gasteiger partial charge in [-0.25, -0.2) is 0 Å². The van der Waals surface area contributed by atoms with Crippen LogP contribution in [0.3, 0.4) is 0 Å². The van der Waals surface area contributed by atoms with E-state index in [9.17, 15) is 15.0 Å². The number of allylic oxidation sites excluding steroid dienone is 5. The summed E-state index contributed by atoms with van der Waals surface area (Å²) < 4.78 is 0. The Morgan fingerprint density at radius 1 is 0.558 bits per heavy atom. The summed E-state index contributed by atoms with van der Waals surface area (Å²) in [6.07, 6.45) is 45.3. The molecule has 0 aliphatic carbocycles. The van der Waals surface area contributed by atoms with Crippen LogP contribution >= 0.6 is 0 Å². The molecule has 0 spiro atoms. The van der Waals surface area contributed by atoms with Crippen molar-refractivity contribution in [3.63, 3.8) is 0 Å². The Hall–Kier alpha value is -1.39. The number of carbonyl (C=O) groups excluding carboxylic acids is 1. The Labute approximate surface area is 268 Å². The van der Waals surface area contributed by atoms with Crippen molar-refractivity contribution in [3.05, 3.63) is 36.5 Å². The van der Waals surface area contributed by atoms with Crippen molar-refractivity contribution >= 4 is 5.91 Å². The van der Waals surface area contributed by atoms with Crippen LogP contribution in [0.5, 0.6) is 0 Å². The monoisotopic (exact) mass is 604 g/mol. The van der Waals surface area contributed by atoms with Gasteiger partial charge in [0.25, 0.3) is 0 Å². The molecule has 43 heavy (non-hydrogen) atoms. The average molecular weight is 604 g/mol. The Morgan fingerprint density at radius 3 is 1.40 bits per heavy atom. The molecule has 1 amide bonds. The van der Waals surface area contributed by atoms with Gasteiger partial charge in [-0.3, -0.25) is 4.79 Å². The second-order valence-corrected chi connectivity index (χ2v) is 12.6. The summed E-state index contributed by atoms with van der Waals surface area (Å²) in [4.78, 5) is 12.3. The summed E-state index contributed by atoms with van der Waals surface area (Å²) in [6, 6.07) is -0.619. The summed E-state index contributed by atoms with van der Waals surface area (Å²) in [5.74, 6) is -0.0711. The first-order valence-electron chi connectivity index (χ1n) is 18.7. The molecule has 0 aliphatic heterocycles. The third-order valence-corrected chi connectivity index (χ3v) is 8.37. The number of hydrogen-bond donors (Lipinski definition) is 3. The third-order valence-electron chi connectivity index (χ3n) is 8.37. The van der Waals surface area contributed by atoms with Gasteiger partial charge in [-0.15, -0.1) is 0 Å². The van der Waals surface area contributed by atoms with Crippen molar-refractivity contribution in [1.29, 1.82) is 0 Å². The van der Waals surface area contributed by atoms with Gasteiger partial charge in [0.1, 0.15) is 0 Å². The molecule has 0 aromatic rings. The van der Waals surface area contributed by atoms with Crippen molar-refractivity contribution in [3.8, 4) is 0 Å². The van der Waals surface area contributed by atoms with Crippen molar-refractivity contribution in [2.75, 3.05) is 6.61 Å². The van der Waals surface area contributed by atoms with Gasteiger partial charge in [0, 0.05) is 6.42 Å². The quantitative estimate of drug-likeness (QED) is 0.0516. The van der Waals surface area contributed by atoms with E-state index < -0.39 is 12.1 Å². The smallest absolute Gasteiger partial charge is 0.220 e. The number of aliphatic hydroxyl groups excluding tert-OH is 2. The van der Waals surface area contributed by atoms with Gasteiger partial charge in [-0.1, -0.05) is 166 Å². The Kier molecular flexibility index (Phi) is 34.0. The number of carbonyl (C=O) groups is 1. The molecule has 0 aliphatic rings. The van der Waals surface area contributed by atoms with Gasteiger partial charge in [0.05, 0.1) is 18.8 Å². The molecule has 0 fully saturated rings. The molecule has 0 saturated heterocycles. The Balaban J connectivity index is 3.53. The predicted octanol–water partition coefficient (Wildman–Crippen LogP) is 11.1. The van der Waals surface area contributed by atoms with Crippen molar-refractivity contribution < 1.29 is 15.0 Å². The number of unbranched alkanes of at least 4 members (excludes halogenated alkanes) is 22. The molecule has 0 rings (SSSR count). The highest BCUT2D eigenvalue weighted by molar-refractivity contribution is 5.76. The van der Waals surface area contributed by atoms with Crippen molar-refractivity contribution in [2.45, 2.75) is 199 Å². The molecule has 0 bridgehead atoms.